The van der Waals surface area contributed by atoms with Gasteiger partial charge in [0.25, 0.3) is 5.69 Å². The maximum Gasteiger partial charge on any atom is 0.280 e. The zero-order chi connectivity index (χ0) is 29.6. The predicted molar refractivity (Wildman–Crippen MR) is 154 cm³/mol. The average molecular weight is 562 g/mol. The van der Waals surface area contributed by atoms with Gasteiger partial charge >= 0.3 is 0 Å². The second-order valence-corrected chi connectivity index (χ2v) is 11.3. The third-order valence-electron chi connectivity index (χ3n) is 7.44. The number of aromatic nitrogens is 3. The SMILES string of the molecule is CCOc1cc([N+](=O)[O-])c(C=C(C#N)C(CCn2cc(C(C)(C)C)nn2)C2CCOCC2)cc1-c1ccccc1F. The van der Waals surface area contributed by atoms with E-state index in [9.17, 15) is 19.8 Å². The quantitative estimate of drug-likeness (QED) is 0.153. The molecule has 4 rings (SSSR count). The number of hydrogen-bond acceptors (Lipinski definition) is 7. The highest BCUT2D eigenvalue weighted by Crippen LogP contribution is 2.40. The van der Waals surface area contributed by atoms with E-state index in [1.807, 2.05) is 6.20 Å². The Balaban J connectivity index is 1.77. The van der Waals surface area contributed by atoms with Gasteiger partial charge in [0, 0.05) is 48.1 Å². The van der Waals surface area contributed by atoms with Crippen LogP contribution in [0.25, 0.3) is 17.2 Å². The number of halogens is 1. The van der Waals surface area contributed by atoms with Crippen molar-refractivity contribution < 1.29 is 18.8 Å². The molecule has 3 aromatic rings. The number of allylic oxidation sites excluding steroid dienone is 1. The van der Waals surface area contributed by atoms with E-state index in [0.29, 0.717) is 37.3 Å². The van der Waals surface area contributed by atoms with Crippen molar-refractivity contribution in [3.63, 3.8) is 0 Å². The number of aryl methyl sites for hydroxylation is 1. The summed E-state index contributed by atoms with van der Waals surface area (Å²) >= 11 is 0. The van der Waals surface area contributed by atoms with Gasteiger partial charge in [-0.2, -0.15) is 5.26 Å². The number of ether oxygens (including phenoxy) is 2. The summed E-state index contributed by atoms with van der Waals surface area (Å²) in [6.45, 7) is 9.96. The fourth-order valence-electron chi connectivity index (χ4n) is 5.20. The van der Waals surface area contributed by atoms with Crippen molar-refractivity contribution in [3.05, 3.63) is 75.4 Å². The molecule has 0 saturated carbocycles. The summed E-state index contributed by atoms with van der Waals surface area (Å²) in [5.74, 6) is -0.288. The topological polar surface area (TPSA) is 116 Å². The number of nitro groups is 1. The Hall–Kier alpha value is -4.10. The number of hydrogen-bond donors (Lipinski definition) is 0. The molecule has 1 unspecified atom stereocenters. The molecule has 0 spiro atoms. The summed E-state index contributed by atoms with van der Waals surface area (Å²) < 4.78 is 27.9. The lowest BCUT2D eigenvalue weighted by molar-refractivity contribution is -0.385. The van der Waals surface area contributed by atoms with Crippen LogP contribution in [-0.2, 0) is 16.7 Å². The van der Waals surface area contributed by atoms with Gasteiger partial charge in [-0.15, -0.1) is 5.10 Å². The zero-order valence-corrected chi connectivity index (χ0v) is 24.0. The molecule has 0 aliphatic carbocycles. The second-order valence-electron chi connectivity index (χ2n) is 11.3. The number of nitro benzene ring substituents is 1. The third kappa shape index (κ3) is 7.16. The average Bonchev–Trinajstić information content (AvgIpc) is 3.44. The Morgan fingerprint density at radius 1 is 1.29 bits per heavy atom. The highest BCUT2D eigenvalue weighted by molar-refractivity contribution is 5.79. The van der Waals surface area contributed by atoms with Crippen molar-refractivity contribution in [1.29, 1.82) is 5.26 Å². The van der Waals surface area contributed by atoms with Crippen molar-refractivity contribution in [2.45, 2.75) is 58.9 Å². The standard InChI is InChI=1S/C31H36FN5O4/c1-5-41-29-18-28(37(38)39)22(17-26(29)25-8-6-7-9-27(25)32)16-23(19-33)24(21-11-14-40-15-12-21)10-13-36-20-30(34-35-36)31(2,3)4/h6-9,16-18,20-21,24H,5,10-15H2,1-4H3. The van der Waals surface area contributed by atoms with Crippen LogP contribution < -0.4 is 4.74 Å². The van der Waals surface area contributed by atoms with Crippen LogP contribution in [0.3, 0.4) is 0 Å². The minimum atomic E-state index is -0.499. The number of rotatable bonds is 10. The number of nitriles is 1. The molecule has 10 heteroatoms. The van der Waals surface area contributed by atoms with Crippen molar-refractivity contribution in [2.75, 3.05) is 19.8 Å². The minimum Gasteiger partial charge on any atom is -0.493 e. The van der Waals surface area contributed by atoms with Gasteiger partial charge in [-0.1, -0.05) is 44.2 Å². The Morgan fingerprint density at radius 2 is 2.02 bits per heavy atom. The smallest absolute Gasteiger partial charge is 0.280 e. The first-order valence-corrected chi connectivity index (χ1v) is 13.9. The van der Waals surface area contributed by atoms with E-state index in [2.05, 4.69) is 37.2 Å². The van der Waals surface area contributed by atoms with E-state index in [1.54, 1.807) is 41.9 Å². The van der Waals surface area contributed by atoms with Gasteiger partial charge in [0.05, 0.1) is 34.9 Å². The fourth-order valence-corrected chi connectivity index (χ4v) is 5.20. The highest BCUT2D eigenvalue weighted by atomic mass is 19.1. The van der Waals surface area contributed by atoms with Crippen molar-refractivity contribution in [2.24, 2.45) is 11.8 Å². The molecule has 0 amide bonds. The van der Waals surface area contributed by atoms with E-state index in [0.717, 1.165) is 18.5 Å². The van der Waals surface area contributed by atoms with Crippen LogP contribution in [-0.4, -0.2) is 39.7 Å². The van der Waals surface area contributed by atoms with Gasteiger partial charge in [0.1, 0.15) is 11.6 Å². The van der Waals surface area contributed by atoms with Crippen LogP contribution >= 0.6 is 0 Å². The molecule has 9 nitrogen and oxygen atoms in total. The van der Waals surface area contributed by atoms with Crippen LogP contribution in [0.1, 0.15) is 58.2 Å². The molecule has 1 fully saturated rings. The first-order valence-electron chi connectivity index (χ1n) is 13.9. The lowest BCUT2D eigenvalue weighted by atomic mass is 9.78. The summed E-state index contributed by atoms with van der Waals surface area (Å²) in [5, 5.41) is 31.1. The molecule has 2 aromatic carbocycles. The Labute approximate surface area is 239 Å². The normalized spacial score (nSPS) is 15.4. The molecule has 1 aliphatic rings. The summed E-state index contributed by atoms with van der Waals surface area (Å²) in [6.07, 6.45) is 5.66. The molecular formula is C31H36FN5O4. The van der Waals surface area contributed by atoms with Crippen LogP contribution in [0.4, 0.5) is 10.1 Å². The maximum absolute atomic E-state index is 14.8. The molecule has 0 radical (unpaired) electrons. The Kier molecular flexibility index (Phi) is 9.50. The van der Waals surface area contributed by atoms with E-state index in [-0.39, 0.29) is 46.4 Å². The molecule has 1 aromatic heterocycles. The Morgan fingerprint density at radius 3 is 2.63 bits per heavy atom. The fraction of sp³-hybridized carbons (Fsp3) is 0.452. The molecule has 0 bridgehead atoms. The van der Waals surface area contributed by atoms with Crippen molar-refractivity contribution in [3.8, 4) is 22.9 Å². The molecule has 1 atom stereocenters. The van der Waals surface area contributed by atoms with Crippen LogP contribution in [0, 0.1) is 39.1 Å². The number of nitrogens with zero attached hydrogens (tertiary/aromatic N) is 5. The summed E-state index contributed by atoms with van der Waals surface area (Å²) in [4.78, 5) is 11.7. The van der Waals surface area contributed by atoms with Gasteiger partial charge in [-0.25, -0.2) is 4.39 Å². The maximum atomic E-state index is 14.8. The summed E-state index contributed by atoms with van der Waals surface area (Å²) in [7, 11) is 0. The van der Waals surface area contributed by atoms with E-state index in [1.165, 1.54) is 12.1 Å². The van der Waals surface area contributed by atoms with Crippen molar-refractivity contribution >= 4 is 11.8 Å². The second kappa shape index (κ2) is 13.0. The highest BCUT2D eigenvalue weighted by Gasteiger charge is 2.29. The van der Waals surface area contributed by atoms with Crippen molar-refractivity contribution in [1.82, 2.24) is 15.0 Å². The minimum absolute atomic E-state index is 0.140. The largest absolute Gasteiger partial charge is 0.493 e. The van der Waals surface area contributed by atoms with E-state index >= 15 is 0 Å². The molecular weight excluding hydrogens is 525 g/mol. The van der Waals surface area contributed by atoms with Crippen LogP contribution in [0.15, 0.2) is 48.2 Å². The van der Waals surface area contributed by atoms with Gasteiger partial charge in [0.2, 0.25) is 0 Å². The molecule has 2 heterocycles. The molecule has 1 saturated heterocycles. The van der Waals surface area contributed by atoms with Gasteiger partial charge < -0.3 is 9.47 Å². The van der Waals surface area contributed by atoms with Gasteiger partial charge in [-0.05, 0) is 56.2 Å². The lowest BCUT2D eigenvalue weighted by Gasteiger charge is -2.30. The first-order chi connectivity index (χ1) is 19.6. The summed E-state index contributed by atoms with van der Waals surface area (Å²) in [6, 6.07) is 11.4. The predicted octanol–water partition coefficient (Wildman–Crippen LogP) is 6.73. The lowest BCUT2D eigenvalue weighted by Crippen LogP contribution is -2.25. The monoisotopic (exact) mass is 561 g/mol. The molecule has 0 N–H and O–H groups in total. The molecule has 41 heavy (non-hydrogen) atoms. The number of benzene rings is 2. The Bertz CT molecular complexity index is 1450. The van der Waals surface area contributed by atoms with Crippen LogP contribution in [0.5, 0.6) is 5.75 Å². The van der Waals surface area contributed by atoms with Gasteiger partial charge in [-0.3, -0.25) is 14.8 Å². The van der Waals surface area contributed by atoms with Gasteiger partial charge in [0.15, 0.2) is 0 Å². The summed E-state index contributed by atoms with van der Waals surface area (Å²) in [5.41, 5.74) is 1.83. The van der Waals surface area contributed by atoms with E-state index < -0.39 is 10.7 Å². The zero-order valence-electron chi connectivity index (χ0n) is 24.0. The molecule has 1 aliphatic heterocycles. The van der Waals surface area contributed by atoms with Crippen LogP contribution in [0.2, 0.25) is 0 Å². The molecule has 216 valence electrons. The third-order valence-corrected chi connectivity index (χ3v) is 7.44. The van der Waals surface area contributed by atoms with E-state index in [4.69, 9.17) is 9.47 Å². The first kappa shape index (κ1) is 29.9.